The van der Waals surface area contributed by atoms with Crippen molar-refractivity contribution in [1.29, 1.82) is 0 Å². The molecule has 102 valence electrons. The van der Waals surface area contributed by atoms with E-state index in [1.807, 2.05) is 13.0 Å². The van der Waals surface area contributed by atoms with E-state index in [4.69, 9.17) is 34.8 Å². The first-order chi connectivity index (χ1) is 9.54. The van der Waals surface area contributed by atoms with Crippen molar-refractivity contribution >= 4 is 45.8 Å². The topological polar surface area (TPSA) is 43.6 Å². The van der Waals surface area contributed by atoms with Gasteiger partial charge in [0.05, 0.1) is 17.6 Å². The quantitative estimate of drug-likeness (QED) is 0.664. The summed E-state index contributed by atoms with van der Waals surface area (Å²) in [5.41, 5.74) is 2.45. The van der Waals surface area contributed by atoms with E-state index >= 15 is 0 Å². The van der Waals surface area contributed by atoms with E-state index in [-0.39, 0.29) is 5.28 Å². The van der Waals surface area contributed by atoms with Gasteiger partial charge in [0, 0.05) is 16.2 Å². The molecule has 0 saturated heterocycles. The predicted molar refractivity (Wildman–Crippen MR) is 80.6 cm³/mol. The Morgan fingerprint density at radius 1 is 1.20 bits per heavy atom. The Hall–Kier alpha value is -1.36. The van der Waals surface area contributed by atoms with Crippen molar-refractivity contribution in [3.8, 4) is 0 Å². The number of aryl methyl sites for hydroxylation is 1. The smallest absolute Gasteiger partial charge is 0.224 e. The molecule has 0 N–H and O–H groups in total. The second-order valence-corrected chi connectivity index (χ2v) is 5.54. The van der Waals surface area contributed by atoms with Gasteiger partial charge in [-0.1, -0.05) is 29.3 Å². The number of aromatic nitrogens is 4. The largest absolute Gasteiger partial charge is 0.242 e. The van der Waals surface area contributed by atoms with Gasteiger partial charge in [0.2, 0.25) is 5.28 Å². The molecule has 0 unspecified atom stereocenters. The minimum Gasteiger partial charge on any atom is -0.242 e. The van der Waals surface area contributed by atoms with Gasteiger partial charge in [-0.25, -0.2) is 9.67 Å². The molecule has 0 atom stereocenters. The van der Waals surface area contributed by atoms with Crippen LogP contribution in [0.3, 0.4) is 0 Å². The summed E-state index contributed by atoms with van der Waals surface area (Å²) in [4.78, 5) is 8.20. The van der Waals surface area contributed by atoms with E-state index in [1.165, 1.54) is 0 Å². The molecule has 2 heterocycles. The van der Waals surface area contributed by atoms with Gasteiger partial charge in [-0.2, -0.15) is 10.1 Å². The fourth-order valence-corrected chi connectivity index (χ4v) is 2.60. The Balaban J connectivity index is 2.08. The summed E-state index contributed by atoms with van der Waals surface area (Å²) >= 11 is 17.9. The van der Waals surface area contributed by atoms with Crippen molar-refractivity contribution in [2.24, 2.45) is 0 Å². The molecule has 0 bridgehead atoms. The van der Waals surface area contributed by atoms with Gasteiger partial charge in [0.15, 0.2) is 5.65 Å². The first kappa shape index (κ1) is 13.6. The number of hydrogen-bond acceptors (Lipinski definition) is 3. The second-order valence-electron chi connectivity index (χ2n) is 4.36. The zero-order valence-electron chi connectivity index (χ0n) is 10.4. The molecule has 1 aromatic carbocycles. The van der Waals surface area contributed by atoms with Crippen molar-refractivity contribution in [1.82, 2.24) is 19.7 Å². The molecule has 0 aliphatic heterocycles. The van der Waals surface area contributed by atoms with Crippen LogP contribution in [0.15, 0.2) is 24.4 Å². The summed E-state index contributed by atoms with van der Waals surface area (Å²) < 4.78 is 1.76. The van der Waals surface area contributed by atoms with Gasteiger partial charge in [0.25, 0.3) is 0 Å². The minimum atomic E-state index is 0.195. The zero-order chi connectivity index (χ0) is 14.3. The Bertz CT molecular complexity index is 798. The van der Waals surface area contributed by atoms with Crippen LogP contribution in [-0.4, -0.2) is 19.7 Å². The van der Waals surface area contributed by atoms with Gasteiger partial charge in [-0.05, 0) is 36.2 Å². The van der Waals surface area contributed by atoms with Crippen molar-refractivity contribution < 1.29 is 0 Å². The van der Waals surface area contributed by atoms with Crippen LogP contribution in [0.5, 0.6) is 0 Å². The van der Waals surface area contributed by atoms with Gasteiger partial charge in [-0.3, -0.25) is 0 Å². The number of benzene rings is 1. The molecular formula is C13H9Cl3N4. The fourth-order valence-electron chi connectivity index (χ4n) is 2.01. The lowest BCUT2D eigenvalue weighted by molar-refractivity contribution is 0.695. The van der Waals surface area contributed by atoms with Gasteiger partial charge in [-0.15, -0.1) is 0 Å². The first-order valence-corrected chi connectivity index (χ1v) is 6.97. The van der Waals surface area contributed by atoms with Crippen LogP contribution in [-0.2, 0) is 6.54 Å². The molecular weight excluding hydrogens is 319 g/mol. The Labute approximate surface area is 130 Å². The molecule has 0 spiro atoms. The normalized spacial score (nSPS) is 11.2. The summed E-state index contributed by atoms with van der Waals surface area (Å²) in [6, 6.07) is 5.37. The highest BCUT2D eigenvalue weighted by Crippen LogP contribution is 2.24. The molecule has 0 aliphatic carbocycles. The summed E-state index contributed by atoms with van der Waals surface area (Å²) in [6.45, 7) is 2.40. The Morgan fingerprint density at radius 2 is 2.00 bits per heavy atom. The molecule has 3 aromatic rings. The number of hydrogen-bond donors (Lipinski definition) is 0. The molecule has 0 aliphatic rings. The van der Waals surface area contributed by atoms with Gasteiger partial charge >= 0.3 is 0 Å². The number of fused-ring (bicyclic) bond motifs is 1. The zero-order valence-corrected chi connectivity index (χ0v) is 12.7. The molecule has 20 heavy (non-hydrogen) atoms. The van der Waals surface area contributed by atoms with Crippen LogP contribution < -0.4 is 0 Å². The molecule has 7 heteroatoms. The predicted octanol–water partition coefficient (Wildman–Crippen LogP) is 4.14. The summed E-state index contributed by atoms with van der Waals surface area (Å²) in [5, 5.41) is 6.72. The molecule has 0 amide bonds. The Kier molecular flexibility index (Phi) is 3.54. The van der Waals surface area contributed by atoms with Crippen LogP contribution in [0.1, 0.15) is 11.3 Å². The fraction of sp³-hybridized carbons (Fsp3) is 0.154. The van der Waals surface area contributed by atoms with Gasteiger partial charge < -0.3 is 0 Å². The summed E-state index contributed by atoms with van der Waals surface area (Å²) in [6.07, 6.45) is 1.67. The van der Waals surface area contributed by atoms with E-state index in [0.717, 1.165) is 16.6 Å². The molecule has 3 rings (SSSR count). The highest BCUT2D eigenvalue weighted by Gasteiger charge is 2.12. The van der Waals surface area contributed by atoms with Crippen LogP contribution in [0.2, 0.25) is 15.3 Å². The average molecular weight is 328 g/mol. The average Bonchev–Trinajstić information content (AvgIpc) is 2.69. The third-order valence-corrected chi connectivity index (χ3v) is 3.75. The summed E-state index contributed by atoms with van der Waals surface area (Å²) in [7, 11) is 0. The van der Waals surface area contributed by atoms with E-state index in [9.17, 15) is 0 Å². The van der Waals surface area contributed by atoms with E-state index < -0.39 is 0 Å². The summed E-state index contributed by atoms with van der Waals surface area (Å²) in [5.74, 6) is 0. The lowest BCUT2D eigenvalue weighted by atomic mass is 10.2. The van der Waals surface area contributed by atoms with Gasteiger partial charge in [0.1, 0.15) is 0 Å². The van der Waals surface area contributed by atoms with Crippen LogP contribution >= 0.6 is 34.8 Å². The van der Waals surface area contributed by atoms with E-state index in [2.05, 4.69) is 15.1 Å². The molecule has 0 radical (unpaired) electrons. The third kappa shape index (κ3) is 2.46. The number of halogens is 3. The molecule has 0 fully saturated rings. The molecule has 0 saturated carbocycles. The molecule has 2 aromatic heterocycles. The highest BCUT2D eigenvalue weighted by molar-refractivity contribution is 6.35. The lowest BCUT2D eigenvalue weighted by Gasteiger charge is -2.06. The highest BCUT2D eigenvalue weighted by atomic mass is 35.5. The van der Waals surface area contributed by atoms with Crippen LogP contribution in [0.4, 0.5) is 0 Å². The number of rotatable bonds is 2. The third-order valence-electron chi connectivity index (χ3n) is 2.98. The Morgan fingerprint density at radius 3 is 2.75 bits per heavy atom. The second kappa shape index (κ2) is 5.20. The lowest BCUT2D eigenvalue weighted by Crippen LogP contribution is -2.03. The van der Waals surface area contributed by atoms with E-state index in [0.29, 0.717) is 22.2 Å². The van der Waals surface area contributed by atoms with E-state index in [1.54, 1.807) is 23.0 Å². The standard InChI is InChI=1S/C13H9Cl3N4/c1-7-10-5-17-13(16)18-12(10)20(19-7)6-8-2-3-9(14)4-11(8)15/h2-5H,6H2,1H3. The first-order valence-electron chi connectivity index (χ1n) is 5.84. The van der Waals surface area contributed by atoms with Crippen LogP contribution in [0.25, 0.3) is 11.0 Å². The van der Waals surface area contributed by atoms with Crippen LogP contribution in [0, 0.1) is 6.92 Å². The maximum atomic E-state index is 6.18. The monoisotopic (exact) mass is 326 g/mol. The maximum Gasteiger partial charge on any atom is 0.224 e. The SMILES string of the molecule is Cc1nn(Cc2ccc(Cl)cc2Cl)c2nc(Cl)ncc12. The number of nitrogens with zero attached hydrogens (tertiary/aromatic N) is 4. The van der Waals surface area contributed by atoms with Crippen molar-refractivity contribution in [3.05, 3.63) is 51.0 Å². The van der Waals surface area contributed by atoms with Crippen molar-refractivity contribution in [2.45, 2.75) is 13.5 Å². The minimum absolute atomic E-state index is 0.195. The maximum absolute atomic E-state index is 6.18. The molecule has 4 nitrogen and oxygen atoms in total. The van der Waals surface area contributed by atoms with Crippen molar-refractivity contribution in [3.63, 3.8) is 0 Å². The van der Waals surface area contributed by atoms with Crippen molar-refractivity contribution in [2.75, 3.05) is 0 Å².